The molecule has 0 aromatic carbocycles. The molecule has 0 aliphatic rings. The van der Waals surface area contributed by atoms with Gasteiger partial charge in [-0.1, -0.05) is 51.4 Å². The maximum atomic E-state index is 5.47. The summed E-state index contributed by atoms with van der Waals surface area (Å²) in [7, 11) is 0. The molecule has 18 heavy (non-hydrogen) atoms. The van der Waals surface area contributed by atoms with E-state index in [1.54, 1.807) is 0 Å². The Morgan fingerprint density at radius 1 is 0.667 bits per heavy atom. The van der Waals surface area contributed by atoms with Crippen LogP contribution in [0.5, 0.6) is 0 Å². The van der Waals surface area contributed by atoms with Crippen molar-refractivity contribution in [1.29, 1.82) is 0 Å². The van der Waals surface area contributed by atoms with Crippen molar-refractivity contribution in [2.45, 2.75) is 90.5 Å². The van der Waals surface area contributed by atoms with Crippen molar-refractivity contribution < 1.29 is 0 Å². The predicted molar refractivity (Wildman–Crippen MR) is 83.0 cm³/mol. The first-order valence-electron chi connectivity index (χ1n) is 8.01. The lowest BCUT2D eigenvalue weighted by atomic mass is 10.1. The average molecular weight is 256 g/mol. The Labute approximate surface area is 115 Å². The molecule has 0 heterocycles. The SMILES string of the molecule is CC(C)(C)NCCCCCCCCCCCCN. The van der Waals surface area contributed by atoms with Gasteiger partial charge in [-0.05, 0) is 46.7 Å². The maximum Gasteiger partial charge on any atom is 0.00965 e. The van der Waals surface area contributed by atoms with E-state index in [1.807, 2.05) is 0 Å². The van der Waals surface area contributed by atoms with E-state index in [1.165, 1.54) is 70.8 Å². The third-order valence-electron chi connectivity index (χ3n) is 3.29. The highest BCUT2D eigenvalue weighted by atomic mass is 14.9. The summed E-state index contributed by atoms with van der Waals surface area (Å²) in [5.41, 5.74) is 5.75. The van der Waals surface area contributed by atoms with Crippen LogP contribution in [0.3, 0.4) is 0 Å². The summed E-state index contributed by atoms with van der Waals surface area (Å²) in [5, 5.41) is 3.54. The summed E-state index contributed by atoms with van der Waals surface area (Å²) in [4.78, 5) is 0. The Morgan fingerprint density at radius 2 is 1.06 bits per heavy atom. The lowest BCUT2D eigenvalue weighted by Crippen LogP contribution is -2.36. The molecule has 0 aliphatic carbocycles. The number of hydrogen-bond acceptors (Lipinski definition) is 2. The molecule has 2 nitrogen and oxygen atoms in total. The molecule has 0 unspecified atom stereocenters. The molecular formula is C16H36N2. The molecule has 0 saturated carbocycles. The first-order valence-corrected chi connectivity index (χ1v) is 8.01. The van der Waals surface area contributed by atoms with Gasteiger partial charge < -0.3 is 11.1 Å². The first-order chi connectivity index (χ1) is 8.56. The molecule has 0 spiro atoms. The fourth-order valence-corrected chi connectivity index (χ4v) is 2.15. The van der Waals surface area contributed by atoms with Crippen molar-refractivity contribution in [1.82, 2.24) is 5.32 Å². The fourth-order valence-electron chi connectivity index (χ4n) is 2.15. The Hall–Kier alpha value is -0.0800. The largest absolute Gasteiger partial charge is 0.330 e. The molecule has 0 aromatic rings. The number of nitrogens with two attached hydrogens (primary N) is 1. The zero-order valence-electron chi connectivity index (χ0n) is 13.1. The predicted octanol–water partition coefficient (Wildman–Crippen LogP) is 4.23. The molecule has 0 saturated heterocycles. The third-order valence-corrected chi connectivity index (χ3v) is 3.29. The molecule has 0 fully saturated rings. The van der Waals surface area contributed by atoms with Gasteiger partial charge in [-0.2, -0.15) is 0 Å². The number of unbranched alkanes of at least 4 members (excludes halogenated alkanes) is 9. The van der Waals surface area contributed by atoms with Crippen LogP contribution in [-0.4, -0.2) is 18.6 Å². The van der Waals surface area contributed by atoms with E-state index >= 15 is 0 Å². The van der Waals surface area contributed by atoms with Crippen LogP contribution in [0.25, 0.3) is 0 Å². The van der Waals surface area contributed by atoms with Gasteiger partial charge in [0.15, 0.2) is 0 Å². The smallest absolute Gasteiger partial charge is 0.00965 e. The van der Waals surface area contributed by atoms with Crippen LogP contribution in [0.2, 0.25) is 0 Å². The average Bonchev–Trinajstić information content (AvgIpc) is 2.29. The van der Waals surface area contributed by atoms with Gasteiger partial charge in [0.1, 0.15) is 0 Å². The van der Waals surface area contributed by atoms with E-state index in [4.69, 9.17) is 5.73 Å². The highest BCUT2D eigenvalue weighted by Crippen LogP contribution is 2.10. The molecule has 0 aromatic heterocycles. The van der Waals surface area contributed by atoms with E-state index in [0.717, 1.165) is 6.54 Å². The fraction of sp³-hybridized carbons (Fsp3) is 1.00. The summed E-state index contributed by atoms with van der Waals surface area (Å²) in [6.07, 6.45) is 13.7. The minimum absolute atomic E-state index is 0.281. The molecule has 0 radical (unpaired) electrons. The van der Waals surface area contributed by atoms with Gasteiger partial charge in [0.25, 0.3) is 0 Å². The molecule has 0 aliphatic heterocycles. The van der Waals surface area contributed by atoms with Crippen molar-refractivity contribution in [3.05, 3.63) is 0 Å². The Bertz CT molecular complexity index is 161. The van der Waals surface area contributed by atoms with Crippen molar-refractivity contribution in [2.24, 2.45) is 5.73 Å². The second-order valence-electron chi connectivity index (χ2n) is 6.50. The molecule has 3 N–H and O–H groups in total. The van der Waals surface area contributed by atoms with Crippen LogP contribution in [0, 0.1) is 0 Å². The molecule has 0 rings (SSSR count). The Kier molecular flexibility index (Phi) is 11.9. The minimum atomic E-state index is 0.281. The van der Waals surface area contributed by atoms with Gasteiger partial charge in [0, 0.05) is 5.54 Å². The molecule has 2 heteroatoms. The van der Waals surface area contributed by atoms with Crippen LogP contribution in [0.1, 0.15) is 85.0 Å². The van der Waals surface area contributed by atoms with Gasteiger partial charge in [-0.25, -0.2) is 0 Å². The second kappa shape index (κ2) is 12.0. The normalized spacial score (nSPS) is 12.0. The van der Waals surface area contributed by atoms with Crippen molar-refractivity contribution >= 4 is 0 Å². The van der Waals surface area contributed by atoms with Crippen molar-refractivity contribution in [2.75, 3.05) is 13.1 Å². The van der Waals surface area contributed by atoms with Crippen molar-refractivity contribution in [3.8, 4) is 0 Å². The molecule has 0 atom stereocenters. The number of hydrogen-bond donors (Lipinski definition) is 2. The zero-order chi connectivity index (χ0) is 13.7. The van der Waals surface area contributed by atoms with Gasteiger partial charge in [-0.3, -0.25) is 0 Å². The van der Waals surface area contributed by atoms with Crippen LogP contribution in [0.15, 0.2) is 0 Å². The Balaban J connectivity index is 2.99. The highest BCUT2D eigenvalue weighted by Gasteiger charge is 2.06. The number of rotatable bonds is 12. The van der Waals surface area contributed by atoms with Gasteiger partial charge in [0.2, 0.25) is 0 Å². The highest BCUT2D eigenvalue weighted by molar-refractivity contribution is 4.69. The van der Waals surface area contributed by atoms with E-state index in [9.17, 15) is 0 Å². The van der Waals surface area contributed by atoms with Crippen LogP contribution >= 0.6 is 0 Å². The first kappa shape index (κ1) is 17.9. The van der Waals surface area contributed by atoms with Crippen LogP contribution < -0.4 is 11.1 Å². The monoisotopic (exact) mass is 256 g/mol. The summed E-state index contributed by atoms with van der Waals surface area (Å²) < 4.78 is 0. The van der Waals surface area contributed by atoms with Crippen LogP contribution in [-0.2, 0) is 0 Å². The Morgan fingerprint density at radius 3 is 1.44 bits per heavy atom. The van der Waals surface area contributed by atoms with E-state index in [2.05, 4.69) is 26.1 Å². The molecule has 110 valence electrons. The van der Waals surface area contributed by atoms with Gasteiger partial charge >= 0.3 is 0 Å². The number of nitrogens with one attached hydrogen (secondary N) is 1. The van der Waals surface area contributed by atoms with Gasteiger partial charge in [0.05, 0.1) is 0 Å². The summed E-state index contributed by atoms with van der Waals surface area (Å²) in [6, 6.07) is 0. The quantitative estimate of drug-likeness (QED) is 0.513. The second-order valence-corrected chi connectivity index (χ2v) is 6.50. The van der Waals surface area contributed by atoms with E-state index in [0.29, 0.717) is 0 Å². The third kappa shape index (κ3) is 15.9. The standard InChI is InChI=1S/C16H36N2/c1-16(2,3)18-15-13-11-9-7-5-4-6-8-10-12-14-17/h18H,4-15,17H2,1-3H3. The summed E-state index contributed by atoms with van der Waals surface area (Å²) in [5.74, 6) is 0. The van der Waals surface area contributed by atoms with Crippen LogP contribution in [0.4, 0.5) is 0 Å². The molecule has 0 amide bonds. The lowest BCUT2D eigenvalue weighted by Gasteiger charge is -2.20. The van der Waals surface area contributed by atoms with Crippen molar-refractivity contribution in [3.63, 3.8) is 0 Å². The van der Waals surface area contributed by atoms with E-state index in [-0.39, 0.29) is 5.54 Å². The summed E-state index contributed by atoms with van der Waals surface area (Å²) in [6.45, 7) is 8.73. The topological polar surface area (TPSA) is 38.0 Å². The minimum Gasteiger partial charge on any atom is -0.330 e. The lowest BCUT2D eigenvalue weighted by molar-refractivity contribution is 0.415. The summed E-state index contributed by atoms with van der Waals surface area (Å²) >= 11 is 0. The van der Waals surface area contributed by atoms with Gasteiger partial charge in [-0.15, -0.1) is 0 Å². The maximum absolute atomic E-state index is 5.47. The molecule has 0 bridgehead atoms. The molecular weight excluding hydrogens is 220 g/mol. The van der Waals surface area contributed by atoms with E-state index < -0.39 is 0 Å². The zero-order valence-corrected chi connectivity index (χ0v) is 13.1.